The van der Waals surface area contributed by atoms with Crippen LogP contribution in [0.25, 0.3) is 0 Å². The van der Waals surface area contributed by atoms with Gasteiger partial charge in [-0.05, 0) is 46.1 Å². The molecule has 19 heavy (non-hydrogen) atoms. The molecular weight excluding hydrogens is 331 g/mol. The Kier molecular flexibility index (Phi) is 4.66. The summed E-state index contributed by atoms with van der Waals surface area (Å²) in [6.07, 6.45) is 0.814. The molecule has 0 fully saturated rings. The first-order valence-corrected chi connectivity index (χ1v) is 6.96. The van der Waals surface area contributed by atoms with Crippen LogP contribution < -0.4 is 11.1 Å². The van der Waals surface area contributed by atoms with E-state index in [9.17, 15) is 4.39 Å². The SMILES string of the molecule is Nc1cc(Br)c(F)cc1NCCc1ccc(Cl)cc1. The zero-order valence-electron chi connectivity index (χ0n) is 10.1. The first-order chi connectivity index (χ1) is 9.06. The molecule has 0 aliphatic heterocycles. The van der Waals surface area contributed by atoms with E-state index in [-0.39, 0.29) is 5.82 Å². The summed E-state index contributed by atoms with van der Waals surface area (Å²) in [4.78, 5) is 0. The first kappa shape index (κ1) is 14.2. The van der Waals surface area contributed by atoms with Gasteiger partial charge in [0.15, 0.2) is 0 Å². The molecule has 0 bridgehead atoms. The third-order valence-corrected chi connectivity index (χ3v) is 3.59. The predicted octanol–water partition coefficient (Wildman–Crippen LogP) is 4.48. The fourth-order valence-electron chi connectivity index (χ4n) is 1.71. The van der Waals surface area contributed by atoms with Crippen molar-refractivity contribution in [3.8, 4) is 0 Å². The highest BCUT2D eigenvalue weighted by Crippen LogP contribution is 2.26. The highest BCUT2D eigenvalue weighted by Gasteiger charge is 2.05. The van der Waals surface area contributed by atoms with Gasteiger partial charge in [0.2, 0.25) is 0 Å². The van der Waals surface area contributed by atoms with E-state index in [1.807, 2.05) is 24.3 Å². The fourth-order valence-corrected chi connectivity index (χ4v) is 2.19. The van der Waals surface area contributed by atoms with Gasteiger partial charge in [0.25, 0.3) is 0 Å². The minimum absolute atomic E-state index is 0.330. The van der Waals surface area contributed by atoms with Crippen LogP contribution in [0.15, 0.2) is 40.9 Å². The smallest absolute Gasteiger partial charge is 0.139 e. The molecule has 2 rings (SSSR count). The number of rotatable bonds is 4. The Morgan fingerprint density at radius 2 is 1.89 bits per heavy atom. The van der Waals surface area contributed by atoms with Crippen molar-refractivity contribution in [2.75, 3.05) is 17.6 Å². The number of nitrogens with one attached hydrogen (secondary N) is 1. The summed E-state index contributed by atoms with van der Waals surface area (Å²) in [6.45, 7) is 0.674. The monoisotopic (exact) mass is 342 g/mol. The molecule has 100 valence electrons. The van der Waals surface area contributed by atoms with Crippen LogP contribution in [-0.4, -0.2) is 6.54 Å². The third kappa shape index (κ3) is 3.85. The molecule has 0 atom stereocenters. The molecule has 0 saturated heterocycles. The Morgan fingerprint density at radius 1 is 1.21 bits per heavy atom. The molecule has 0 aromatic heterocycles. The van der Waals surface area contributed by atoms with Crippen LogP contribution in [0.4, 0.5) is 15.8 Å². The van der Waals surface area contributed by atoms with Crippen LogP contribution in [0.1, 0.15) is 5.56 Å². The molecule has 2 aromatic rings. The van der Waals surface area contributed by atoms with E-state index in [0.717, 1.165) is 17.0 Å². The second kappa shape index (κ2) is 6.26. The summed E-state index contributed by atoms with van der Waals surface area (Å²) in [7, 11) is 0. The van der Waals surface area contributed by atoms with Crippen molar-refractivity contribution in [1.82, 2.24) is 0 Å². The predicted molar refractivity (Wildman–Crippen MR) is 82.2 cm³/mol. The van der Waals surface area contributed by atoms with Gasteiger partial charge in [-0.2, -0.15) is 0 Å². The van der Waals surface area contributed by atoms with Crippen molar-refractivity contribution in [3.05, 3.63) is 57.3 Å². The standard InChI is InChI=1S/C14H13BrClFN2/c15-11-7-13(18)14(8-12(11)17)19-6-5-9-1-3-10(16)4-2-9/h1-4,7-8,19H,5-6,18H2. The van der Waals surface area contributed by atoms with Crippen LogP contribution >= 0.6 is 27.5 Å². The van der Waals surface area contributed by atoms with Gasteiger partial charge in [0.05, 0.1) is 15.8 Å². The molecule has 2 nitrogen and oxygen atoms in total. The van der Waals surface area contributed by atoms with Gasteiger partial charge in [-0.1, -0.05) is 23.7 Å². The van der Waals surface area contributed by atoms with Crippen LogP contribution in [0, 0.1) is 5.82 Å². The van der Waals surface area contributed by atoms with Gasteiger partial charge in [-0.15, -0.1) is 0 Å². The summed E-state index contributed by atoms with van der Waals surface area (Å²) in [6, 6.07) is 10.6. The lowest BCUT2D eigenvalue weighted by molar-refractivity contribution is 0.622. The van der Waals surface area contributed by atoms with Crippen LogP contribution in [0.2, 0.25) is 5.02 Å². The van der Waals surface area contributed by atoms with Gasteiger partial charge in [-0.3, -0.25) is 0 Å². The maximum Gasteiger partial charge on any atom is 0.139 e. The first-order valence-electron chi connectivity index (χ1n) is 5.79. The van der Waals surface area contributed by atoms with Gasteiger partial charge in [0.1, 0.15) is 5.82 Å². The van der Waals surface area contributed by atoms with Crippen molar-refractivity contribution in [1.29, 1.82) is 0 Å². The number of hydrogen-bond acceptors (Lipinski definition) is 2. The van der Waals surface area contributed by atoms with E-state index in [1.54, 1.807) is 6.07 Å². The lowest BCUT2D eigenvalue weighted by atomic mass is 10.1. The quantitative estimate of drug-likeness (QED) is 0.803. The number of nitrogens with two attached hydrogens (primary N) is 1. The minimum atomic E-state index is -0.330. The van der Waals surface area contributed by atoms with E-state index in [0.29, 0.717) is 22.4 Å². The Hall–Kier alpha value is -1.26. The van der Waals surface area contributed by atoms with E-state index in [4.69, 9.17) is 17.3 Å². The second-order valence-corrected chi connectivity index (χ2v) is 5.45. The lowest BCUT2D eigenvalue weighted by Crippen LogP contribution is -2.07. The summed E-state index contributed by atoms with van der Waals surface area (Å²) < 4.78 is 13.8. The maximum absolute atomic E-state index is 13.4. The Morgan fingerprint density at radius 3 is 2.58 bits per heavy atom. The molecule has 0 spiro atoms. The van der Waals surface area contributed by atoms with Gasteiger partial charge < -0.3 is 11.1 Å². The van der Waals surface area contributed by atoms with Gasteiger partial charge in [-0.25, -0.2) is 4.39 Å². The summed E-state index contributed by atoms with van der Waals surface area (Å²) in [5.41, 5.74) is 8.10. The van der Waals surface area contributed by atoms with Crippen molar-refractivity contribution >= 4 is 38.9 Å². The Balaban J connectivity index is 1.96. The molecule has 2 aromatic carbocycles. The minimum Gasteiger partial charge on any atom is -0.397 e. The van der Waals surface area contributed by atoms with E-state index in [2.05, 4.69) is 21.2 Å². The third-order valence-electron chi connectivity index (χ3n) is 2.73. The normalized spacial score (nSPS) is 10.5. The van der Waals surface area contributed by atoms with Crippen LogP contribution in [0.5, 0.6) is 0 Å². The molecule has 0 heterocycles. The highest BCUT2D eigenvalue weighted by molar-refractivity contribution is 9.10. The maximum atomic E-state index is 13.4. The van der Waals surface area contributed by atoms with Gasteiger partial charge in [0, 0.05) is 17.6 Å². The largest absolute Gasteiger partial charge is 0.397 e. The average Bonchev–Trinajstić information content (AvgIpc) is 2.38. The zero-order chi connectivity index (χ0) is 13.8. The van der Waals surface area contributed by atoms with E-state index >= 15 is 0 Å². The molecule has 0 amide bonds. The molecule has 0 unspecified atom stereocenters. The van der Waals surface area contributed by atoms with Crippen molar-refractivity contribution < 1.29 is 4.39 Å². The average molecular weight is 344 g/mol. The van der Waals surface area contributed by atoms with Crippen molar-refractivity contribution in [2.45, 2.75) is 6.42 Å². The van der Waals surface area contributed by atoms with E-state index < -0.39 is 0 Å². The van der Waals surface area contributed by atoms with E-state index in [1.165, 1.54) is 6.07 Å². The van der Waals surface area contributed by atoms with Crippen molar-refractivity contribution in [2.24, 2.45) is 0 Å². The fraction of sp³-hybridized carbons (Fsp3) is 0.143. The number of anilines is 2. The molecule has 0 aliphatic rings. The van der Waals surface area contributed by atoms with Gasteiger partial charge >= 0.3 is 0 Å². The molecule has 0 aliphatic carbocycles. The number of halogens is 3. The molecule has 0 saturated carbocycles. The Labute approximate surface area is 124 Å². The topological polar surface area (TPSA) is 38.0 Å². The highest BCUT2D eigenvalue weighted by atomic mass is 79.9. The van der Waals surface area contributed by atoms with Crippen molar-refractivity contribution in [3.63, 3.8) is 0 Å². The molecular formula is C14H13BrClFN2. The number of hydrogen-bond donors (Lipinski definition) is 2. The molecule has 3 N–H and O–H groups in total. The zero-order valence-corrected chi connectivity index (χ0v) is 12.4. The second-order valence-electron chi connectivity index (χ2n) is 4.16. The Bertz CT molecular complexity index is 572. The summed E-state index contributed by atoms with van der Waals surface area (Å²) in [5.74, 6) is -0.330. The van der Waals surface area contributed by atoms with Crippen LogP contribution in [-0.2, 0) is 6.42 Å². The number of benzene rings is 2. The molecule has 5 heteroatoms. The molecule has 0 radical (unpaired) electrons. The van der Waals surface area contributed by atoms with Crippen LogP contribution in [0.3, 0.4) is 0 Å². The summed E-state index contributed by atoms with van der Waals surface area (Å²) in [5, 5.41) is 3.84. The number of nitrogen functional groups attached to an aromatic ring is 1. The lowest BCUT2D eigenvalue weighted by Gasteiger charge is -2.10. The summed E-state index contributed by atoms with van der Waals surface area (Å²) >= 11 is 8.91.